The monoisotopic (exact) mass is 267 g/mol. The Balaban J connectivity index is 2.65. The van der Waals surface area contributed by atoms with Gasteiger partial charge in [0, 0.05) is 11.6 Å². The van der Waals surface area contributed by atoms with Gasteiger partial charge in [0.15, 0.2) is 0 Å². The van der Waals surface area contributed by atoms with Gasteiger partial charge in [0.05, 0.1) is 6.61 Å². The van der Waals surface area contributed by atoms with Crippen molar-refractivity contribution < 1.29 is 9.13 Å². The van der Waals surface area contributed by atoms with Crippen LogP contribution in [-0.4, -0.2) is 6.61 Å². The van der Waals surface area contributed by atoms with Crippen LogP contribution in [0.5, 0.6) is 5.75 Å². The second-order valence-corrected chi connectivity index (χ2v) is 5.20. The largest absolute Gasteiger partial charge is 0.493 e. The van der Waals surface area contributed by atoms with Crippen LogP contribution in [0, 0.1) is 11.7 Å². The number of nitrogens with two attached hydrogens (primary N) is 1. The average Bonchev–Trinajstić information content (AvgIpc) is 2.40. The van der Waals surface area contributed by atoms with E-state index < -0.39 is 0 Å². The fourth-order valence-electron chi connectivity index (χ4n) is 2.11. The highest BCUT2D eigenvalue weighted by molar-refractivity contribution is 5.36. The molecule has 2 atom stereocenters. The summed E-state index contributed by atoms with van der Waals surface area (Å²) in [6.07, 6.45) is 4.72. The normalized spacial score (nSPS) is 14.2. The minimum absolute atomic E-state index is 0.221. The highest BCUT2D eigenvalue weighted by Crippen LogP contribution is 2.26. The summed E-state index contributed by atoms with van der Waals surface area (Å²) in [5.74, 6) is 1.01. The molecular weight excluding hydrogens is 241 g/mol. The van der Waals surface area contributed by atoms with E-state index in [9.17, 15) is 4.39 Å². The van der Waals surface area contributed by atoms with E-state index >= 15 is 0 Å². The van der Waals surface area contributed by atoms with Gasteiger partial charge in [0.2, 0.25) is 0 Å². The van der Waals surface area contributed by atoms with Gasteiger partial charge in [0.25, 0.3) is 0 Å². The Bertz CT molecular complexity index is 379. The Morgan fingerprint density at radius 2 is 2.05 bits per heavy atom. The van der Waals surface area contributed by atoms with Crippen molar-refractivity contribution in [1.29, 1.82) is 0 Å². The fraction of sp³-hybridized carbons (Fsp3) is 0.625. The Hall–Kier alpha value is -1.09. The van der Waals surface area contributed by atoms with E-state index in [0.717, 1.165) is 12.0 Å². The third kappa shape index (κ3) is 5.19. The zero-order valence-electron chi connectivity index (χ0n) is 12.3. The summed E-state index contributed by atoms with van der Waals surface area (Å²) in [7, 11) is 0. The van der Waals surface area contributed by atoms with E-state index in [1.807, 2.05) is 6.92 Å². The first-order valence-corrected chi connectivity index (χ1v) is 7.26. The van der Waals surface area contributed by atoms with Crippen molar-refractivity contribution in [2.75, 3.05) is 6.61 Å². The lowest BCUT2D eigenvalue weighted by atomic mass is 10.0. The molecule has 0 saturated heterocycles. The lowest BCUT2D eigenvalue weighted by Gasteiger charge is -2.18. The van der Waals surface area contributed by atoms with Crippen molar-refractivity contribution in [2.24, 2.45) is 11.7 Å². The second kappa shape index (κ2) is 8.16. The van der Waals surface area contributed by atoms with Crippen molar-refractivity contribution >= 4 is 0 Å². The van der Waals surface area contributed by atoms with Crippen molar-refractivity contribution in [3.05, 3.63) is 29.6 Å². The smallest absolute Gasteiger partial charge is 0.124 e. The Labute approximate surface area is 116 Å². The van der Waals surface area contributed by atoms with Crippen molar-refractivity contribution in [2.45, 2.75) is 52.5 Å². The van der Waals surface area contributed by atoms with Gasteiger partial charge in [-0.3, -0.25) is 0 Å². The van der Waals surface area contributed by atoms with Gasteiger partial charge in [0.1, 0.15) is 11.6 Å². The molecule has 0 radical (unpaired) electrons. The number of halogens is 1. The Morgan fingerprint density at radius 1 is 1.32 bits per heavy atom. The lowest BCUT2D eigenvalue weighted by Crippen LogP contribution is -2.14. The van der Waals surface area contributed by atoms with Crippen molar-refractivity contribution in [3.63, 3.8) is 0 Å². The molecule has 0 bridgehead atoms. The van der Waals surface area contributed by atoms with Crippen molar-refractivity contribution in [1.82, 2.24) is 0 Å². The molecule has 2 nitrogen and oxygen atoms in total. The zero-order chi connectivity index (χ0) is 14.3. The van der Waals surface area contributed by atoms with Crippen molar-refractivity contribution in [3.8, 4) is 5.75 Å². The number of rotatable bonds is 8. The second-order valence-electron chi connectivity index (χ2n) is 5.20. The molecule has 0 heterocycles. The third-order valence-electron chi connectivity index (χ3n) is 3.48. The van der Waals surface area contributed by atoms with Crippen LogP contribution in [0.2, 0.25) is 0 Å². The molecule has 0 spiro atoms. The van der Waals surface area contributed by atoms with E-state index in [1.165, 1.54) is 31.4 Å². The van der Waals surface area contributed by atoms with Crippen LogP contribution >= 0.6 is 0 Å². The maximum Gasteiger partial charge on any atom is 0.124 e. The van der Waals surface area contributed by atoms with E-state index in [4.69, 9.17) is 10.5 Å². The molecule has 0 aliphatic carbocycles. The molecule has 19 heavy (non-hydrogen) atoms. The van der Waals surface area contributed by atoms with E-state index in [0.29, 0.717) is 18.3 Å². The predicted octanol–water partition coefficient (Wildman–Crippen LogP) is 4.44. The molecule has 1 rings (SSSR count). The molecule has 3 heteroatoms. The lowest BCUT2D eigenvalue weighted by molar-refractivity contribution is 0.230. The maximum absolute atomic E-state index is 13.2. The first-order valence-electron chi connectivity index (χ1n) is 7.26. The van der Waals surface area contributed by atoms with Crippen LogP contribution in [0.25, 0.3) is 0 Å². The number of unbranched alkanes of at least 4 members (excludes halogenated alkanes) is 1. The molecule has 0 fully saturated rings. The Kier molecular flexibility index (Phi) is 6.85. The first kappa shape index (κ1) is 16.0. The number of hydrogen-bond acceptors (Lipinski definition) is 2. The summed E-state index contributed by atoms with van der Waals surface area (Å²) in [6, 6.07) is 4.35. The molecule has 1 aromatic rings. The highest BCUT2D eigenvalue weighted by Gasteiger charge is 2.12. The van der Waals surface area contributed by atoms with Crippen LogP contribution < -0.4 is 10.5 Å². The molecule has 1 aromatic carbocycles. The van der Waals surface area contributed by atoms with Gasteiger partial charge < -0.3 is 10.5 Å². The summed E-state index contributed by atoms with van der Waals surface area (Å²) in [6.45, 7) is 6.90. The van der Waals surface area contributed by atoms with Gasteiger partial charge in [-0.05, 0) is 37.5 Å². The predicted molar refractivity (Wildman–Crippen MR) is 77.8 cm³/mol. The van der Waals surface area contributed by atoms with Crippen LogP contribution in [-0.2, 0) is 0 Å². The highest BCUT2D eigenvalue weighted by atomic mass is 19.1. The molecule has 2 N–H and O–H groups in total. The summed E-state index contributed by atoms with van der Waals surface area (Å²) in [5, 5.41) is 0. The van der Waals surface area contributed by atoms with Crippen LogP contribution in [0.4, 0.5) is 4.39 Å². The number of ether oxygens (including phenoxy) is 1. The average molecular weight is 267 g/mol. The quantitative estimate of drug-likeness (QED) is 0.755. The van der Waals surface area contributed by atoms with E-state index in [2.05, 4.69) is 13.8 Å². The summed E-state index contributed by atoms with van der Waals surface area (Å²) >= 11 is 0. The maximum atomic E-state index is 13.2. The minimum atomic E-state index is -0.266. The summed E-state index contributed by atoms with van der Waals surface area (Å²) in [5.41, 5.74) is 6.60. The molecule has 2 unspecified atom stereocenters. The minimum Gasteiger partial charge on any atom is -0.493 e. The summed E-state index contributed by atoms with van der Waals surface area (Å²) in [4.78, 5) is 0. The molecule has 108 valence electrons. The van der Waals surface area contributed by atoms with Gasteiger partial charge in [-0.25, -0.2) is 4.39 Å². The standard InChI is InChI=1S/C16H26FNO/c1-4-6-7-13(5-2)11-19-16-9-8-14(17)10-15(16)12(3)18/h8-10,12-13H,4-7,11,18H2,1-3H3. The SMILES string of the molecule is CCCCC(CC)COc1ccc(F)cc1C(C)N. The number of benzene rings is 1. The van der Waals surface area contributed by atoms with Crippen LogP contribution in [0.1, 0.15) is 58.1 Å². The molecule has 0 saturated carbocycles. The third-order valence-corrected chi connectivity index (χ3v) is 3.48. The Morgan fingerprint density at radius 3 is 2.63 bits per heavy atom. The molecular formula is C16H26FNO. The molecule has 0 aliphatic rings. The van der Waals surface area contributed by atoms with E-state index in [1.54, 1.807) is 6.07 Å². The van der Waals surface area contributed by atoms with Crippen LogP contribution in [0.3, 0.4) is 0 Å². The van der Waals surface area contributed by atoms with E-state index in [-0.39, 0.29) is 11.9 Å². The fourth-order valence-corrected chi connectivity index (χ4v) is 2.11. The first-order chi connectivity index (χ1) is 9.08. The number of hydrogen-bond donors (Lipinski definition) is 1. The molecule has 0 aromatic heterocycles. The van der Waals surface area contributed by atoms with Gasteiger partial charge in [-0.2, -0.15) is 0 Å². The van der Waals surface area contributed by atoms with Gasteiger partial charge in [-0.15, -0.1) is 0 Å². The van der Waals surface area contributed by atoms with Crippen LogP contribution in [0.15, 0.2) is 18.2 Å². The summed E-state index contributed by atoms with van der Waals surface area (Å²) < 4.78 is 19.1. The topological polar surface area (TPSA) is 35.2 Å². The van der Waals surface area contributed by atoms with Gasteiger partial charge in [-0.1, -0.05) is 33.1 Å². The van der Waals surface area contributed by atoms with Gasteiger partial charge >= 0.3 is 0 Å². The zero-order valence-corrected chi connectivity index (χ0v) is 12.3. The molecule has 0 aliphatic heterocycles. The molecule has 0 amide bonds.